The first-order valence-corrected chi connectivity index (χ1v) is 6.96. The minimum atomic E-state index is 0. The second kappa shape index (κ2) is 7.81. The summed E-state index contributed by atoms with van der Waals surface area (Å²) in [7, 11) is 0. The Hall–Kier alpha value is -1.85. The van der Waals surface area contributed by atoms with Crippen molar-refractivity contribution < 1.29 is 0 Å². The van der Waals surface area contributed by atoms with E-state index in [9.17, 15) is 0 Å². The van der Waals surface area contributed by atoms with Crippen LogP contribution in [0.4, 0.5) is 11.4 Å². The van der Waals surface area contributed by atoms with E-state index in [0.717, 1.165) is 38.4 Å². The molecule has 3 rings (SSSR count). The molecule has 1 saturated heterocycles. The van der Waals surface area contributed by atoms with Crippen LogP contribution in [0.15, 0.2) is 43.0 Å². The molecular weight excluding hydrogens is 286 g/mol. The summed E-state index contributed by atoms with van der Waals surface area (Å²) >= 11 is 0. The van der Waals surface area contributed by atoms with E-state index >= 15 is 0 Å². The van der Waals surface area contributed by atoms with Gasteiger partial charge in [-0.2, -0.15) is 0 Å². The molecule has 0 radical (unpaired) electrons. The molecule has 0 aliphatic carbocycles. The number of nitrogens with one attached hydrogen (secondary N) is 2. The van der Waals surface area contributed by atoms with Gasteiger partial charge in [-0.3, -0.25) is 9.97 Å². The molecule has 1 fully saturated rings. The lowest BCUT2D eigenvalue weighted by molar-refractivity contribution is 0.589. The number of nitrogens with zero attached hydrogens (tertiary/aromatic N) is 3. The summed E-state index contributed by atoms with van der Waals surface area (Å²) in [5.41, 5.74) is 3.48. The van der Waals surface area contributed by atoms with E-state index in [1.54, 1.807) is 6.20 Å². The molecule has 6 heteroatoms. The largest absolute Gasteiger partial charge is 0.378 e. The van der Waals surface area contributed by atoms with Crippen LogP contribution in [0.1, 0.15) is 5.56 Å². The quantitative estimate of drug-likeness (QED) is 0.904. The van der Waals surface area contributed by atoms with Crippen molar-refractivity contribution in [2.24, 2.45) is 0 Å². The maximum atomic E-state index is 4.23. The van der Waals surface area contributed by atoms with Gasteiger partial charge < -0.3 is 15.5 Å². The summed E-state index contributed by atoms with van der Waals surface area (Å²) in [6.07, 6.45) is 7.42. The fourth-order valence-corrected chi connectivity index (χ4v) is 2.40. The minimum absolute atomic E-state index is 0. The Morgan fingerprint density at radius 3 is 2.67 bits per heavy atom. The highest BCUT2D eigenvalue weighted by Gasteiger charge is 2.13. The van der Waals surface area contributed by atoms with Crippen LogP contribution < -0.4 is 15.5 Å². The molecule has 2 aromatic rings. The Balaban J connectivity index is 0.00000161. The minimum Gasteiger partial charge on any atom is -0.378 e. The molecular formula is C15H20ClN5. The van der Waals surface area contributed by atoms with Crippen molar-refractivity contribution >= 4 is 23.8 Å². The van der Waals surface area contributed by atoms with E-state index in [1.165, 1.54) is 11.3 Å². The van der Waals surface area contributed by atoms with Gasteiger partial charge in [-0.15, -0.1) is 12.4 Å². The van der Waals surface area contributed by atoms with Gasteiger partial charge in [-0.05, 0) is 17.7 Å². The van der Waals surface area contributed by atoms with Crippen molar-refractivity contribution in [3.8, 4) is 0 Å². The van der Waals surface area contributed by atoms with Crippen molar-refractivity contribution in [1.82, 2.24) is 15.3 Å². The zero-order valence-corrected chi connectivity index (χ0v) is 12.6. The Bertz CT molecular complexity index is 543. The molecule has 1 aliphatic heterocycles. The van der Waals surface area contributed by atoms with Crippen molar-refractivity contribution in [3.63, 3.8) is 0 Å². The zero-order chi connectivity index (χ0) is 13.6. The lowest BCUT2D eigenvalue weighted by atomic mass is 10.2. The van der Waals surface area contributed by atoms with E-state index < -0.39 is 0 Å². The monoisotopic (exact) mass is 305 g/mol. The third kappa shape index (κ3) is 4.06. The summed E-state index contributed by atoms with van der Waals surface area (Å²) < 4.78 is 0. The standard InChI is InChI=1S/C15H19N5.ClH/c1-2-13(10-17-4-1)11-19-14-12-18-5-3-15(14)20-8-6-16-7-9-20;/h1-5,10,12,16,19H,6-9,11H2;1H. The van der Waals surface area contributed by atoms with Crippen molar-refractivity contribution in [2.45, 2.75) is 6.54 Å². The van der Waals surface area contributed by atoms with E-state index in [-0.39, 0.29) is 12.4 Å². The Kier molecular flexibility index (Phi) is 5.78. The number of hydrogen-bond acceptors (Lipinski definition) is 5. The SMILES string of the molecule is Cl.c1cncc(CNc2cnccc2N2CCNCC2)c1. The van der Waals surface area contributed by atoms with E-state index in [2.05, 4.69) is 37.6 Å². The molecule has 0 amide bonds. The van der Waals surface area contributed by atoms with Crippen LogP contribution in [-0.2, 0) is 6.54 Å². The average Bonchev–Trinajstić information content (AvgIpc) is 2.55. The normalized spacial score (nSPS) is 14.4. The second-order valence-electron chi connectivity index (χ2n) is 4.84. The van der Waals surface area contributed by atoms with Gasteiger partial charge in [0.1, 0.15) is 0 Å². The van der Waals surface area contributed by atoms with Gasteiger partial charge in [-0.1, -0.05) is 6.07 Å². The van der Waals surface area contributed by atoms with E-state index in [0.29, 0.717) is 0 Å². The average molecular weight is 306 g/mol. The second-order valence-corrected chi connectivity index (χ2v) is 4.84. The first kappa shape index (κ1) is 15.5. The molecule has 0 spiro atoms. The molecule has 0 unspecified atom stereocenters. The number of anilines is 2. The van der Waals surface area contributed by atoms with Gasteiger partial charge in [0.2, 0.25) is 0 Å². The van der Waals surface area contributed by atoms with Gasteiger partial charge in [0.05, 0.1) is 17.6 Å². The van der Waals surface area contributed by atoms with Crippen molar-refractivity contribution in [3.05, 3.63) is 48.5 Å². The fourth-order valence-electron chi connectivity index (χ4n) is 2.40. The van der Waals surface area contributed by atoms with Crippen LogP contribution in [0.25, 0.3) is 0 Å². The molecule has 2 aromatic heterocycles. The molecule has 3 heterocycles. The molecule has 112 valence electrons. The predicted octanol–water partition coefficient (Wildman–Crippen LogP) is 1.92. The van der Waals surface area contributed by atoms with Crippen LogP contribution in [-0.4, -0.2) is 36.1 Å². The summed E-state index contributed by atoms with van der Waals surface area (Å²) in [6, 6.07) is 6.11. The highest BCUT2D eigenvalue weighted by molar-refractivity contribution is 5.85. The highest BCUT2D eigenvalue weighted by Crippen LogP contribution is 2.25. The molecule has 0 bridgehead atoms. The number of halogens is 1. The van der Waals surface area contributed by atoms with Crippen LogP contribution in [0.5, 0.6) is 0 Å². The first-order valence-electron chi connectivity index (χ1n) is 6.96. The Labute approximate surface area is 131 Å². The lowest BCUT2D eigenvalue weighted by Crippen LogP contribution is -2.43. The van der Waals surface area contributed by atoms with Gasteiger partial charge in [0.25, 0.3) is 0 Å². The van der Waals surface area contributed by atoms with E-state index in [1.807, 2.05) is 24.7 Å². The number of aromatic nitrogens is 2. The lowest BCUT2D eigenvalue weighted by Gasteiger charge is -2.31. The van der Waals surface area contributed by atoms with Gasteiger partial charge in [0.15, 0.2) is 0 Å². The number of rotatable bonds is 4. The third-order valence-corrected chi connectivity index (χ3v) is 3.46. The zero-order valence-electron chi connectivity index (χ0n) is 11.8. The molecule has 0 atom stereocenters. The number of hydrogen-bond donors (Lipinski definition) is 2. The van der Waals surface area contributed by atoms with Crippen molar-refractivity contribution in [1.29, 1.82) is 0 Å². The summed E-state index contributed by atoms with van der Waals surface area (Å²) in [5, 5.41) is 6.84. The smallest absolute Gasteiger partial charge is 0.0767 e. The summed E-state index contributed by atoms with van der Waals surface area (Å²) in [6.45, 7) is 4.89. The third-order valence-electron chi connectivity index (χ3n) is 3.46. The topological polar surface area (TPSA) is 53.1 Å². The van der Waals surface area contributed by atoms with Crippen LogP contribution in [0, 0.1) is 0 Å². The molecule has 0 aromatic carbocycles. The van der Waals surface area contributed by atoms with E-state index in [4.69, 9.17) is 0 Å². The predicted molar refractivity (Wildman–Crippen MR) is 88.1 cm³/mol. The van der Waals surface area contributed by atoms with Crippen LogP contribution in [0.3, 0.4) is 0 Å². The number of pyridine rings is 2. The van der Waals surface area contributed by atoms with Crippen molar-refractivity contribution in [2.75, 3.05) is 36.4 Å². The molecule has 1 aliphatic rings. The number of piperazine rings is 1. The van der Waals surface area contributed by atoms with Gasteiger partial charge >= 0.3 is 0 Å². The van der Waals surface area contributed by atoms with Gasteiger partial charge in [0, 0.05) is 51.3 Å². The maximum absolute atomic E-state index is 4.23. The van der Waals surface area contributed by atoms with Gasteiger partial charge in [-0.25, -0.2) is 0 Å². The Morgan fingerprint density at radius 1 is 1.10 bits per heavy atom. The van der Waals surface area contributed by atoms with Crippen LogP contribution in [0.2, 0.25) is 0 Å². The van der Waals surface area contributed by atoms with Crippen LogP contribution >= 0.6 is 12.4 Å². The molecule has 21 heavy (non-hydrogen) atoms. The maximum Gasteiger partial charge on any atom is 0.0767 e. The fraction of sp³-hybridized carbons (Fsp3) is 0.333. The molecule has 2 N–H and O–H groups in total. The highest BCUT2D eigenvalue weighted by atomic mass is 35.5. The molecule has 0 saturated carbocycles. The Morgan fingerprint density at radius 2 is 1.90 bits per heavy atom. The summed E-state index contributed by atoms with van der Waals surface area (Å²) in [5.74, 6) is 0. The molecule has 5 nitrogen and oxygen atoms in total. The first-order chi connectivity index (χ1) is 9.93. The summed E-state index contributed by atoms with van der Waals surface area (Å²) in [4.78, 5) is 10.8.